The van der Waals surface area contributed by atoms with Crippen LogP contribution >= 0.6 is 40.2 Å². The fourth-order valence-corrected chi connectivity index (χ4v) is 30.0. The fourth-order valence-electron chi connectivity index (χ4n) is 10.3. The van der Waals surface area contributed by atoms with E-state index in [9.17, 15) is 17.0 Å². The van der Waals surface area contributed by atoms with Crippen LogP contribution in [0.25, 0.3) is 32.7 Å². The Kier molecular flexibility index (Phi) is 10.7. The second-order valence-electron chi connectivity index (χ2n) is 21.5. The molecule has 5 heteroatoms. The average Bonchev–Trinajstić information content (AvgIpc) is 3.83. The molecule has 0 amide bonds. The van der Waals surface area contributed by atoms with Gasteiger partial charge >= 0.3 is 380 Å². The molecule has 0 unspecified atom stereocenters. The molecule has 6 aromatic rings. The number of benzene rings is 6. The van der Waals surface area contributed by atoms with Crippen LogP contribution in [0.3, 0.4) is 0 Å². The second-order valence-corrected chi connectivity index (χ2v) is 43.1. The third-order valence-electron chi connectivity index (χ3n) is 13.2. The van der Waals surface area contributed by atoms with Gasteiger partial charge < -0.3 is 0 Å². The molecule has 60 heavy (non-hydrogen) atoms. The van der Waals surface area contributed by atoms with E-state index in [-0.39, 0.29) is 28.9 Å². The topological polar surface area (TPSA) is 0 Å². The predicted octanol–water partition coefficient (Wildman–Crippen LogP) is 17.7. The van der Waals surface area contributed by atoms with E-state index in [0.29, 0.717) is 10.0 Å². The van der Waals surface area contributed by atoms with Crippen molar-refractivity contribution in [1.82, 2.24) is 0 Å². The Morgan fingerprint density at radius 1 is 0.450 bits per heavy atom. The van der Waals surface area contributed by atoms with Crippen LogP contribution in [0.4, 0.5) is 0 Å². The fraction of sp³-hybridized carbons (Fsp3) is 0.327. The summed E-state index contributed by atoms with van der Waals surface area (Å²) in [5.74, 6) is 0. The first-order valence-corrected chi connectivity index (χ1v) is 32.5. The van der Waals surface area contributed by atoms with E-state index < -0.39 is 15.9 Å². The molecule has 0 aliphatic heterocycles. The Hall–Kier alpha value is -2.77. The van der Waals surface area contributed by atoms with Crippen molar-refractivity contribution in [1.29, 1.82) is 0 Å². The van der Waals surface area contributed by atoms with Crippen molar-refractivity contribution < 1.29 is 15.9 Å². The first-order valence-electron chi connectivity index (χ1n) is 21.4. The van der Waals surface area contributed by atoms with Crippen LogP contribution in [0, 0.1) is 0 Å². The molecular formula is C55H58Cl4Zr. The summed E-state index contributed by atoms with van der Waals surface area (Å²) in [4.78, 5) is 0. The SMILES string of the molecule is CC(C)(C)c1cc2c(cc1C(C)(C)C)[CH]([Zr]([Cl])([Cl])(=[C](c1ccc(Cl)c3ccccc13)c1ccc(Cl)c3ccccc13)[CH]1C=CC=C1)c1cc(C(C)(C)C)c(C(C)(C)C)cc1-2. The van der Waals surface area contributed by atoms with Gasteiger partial charge in [-0.15, -0.1) is 0 Å². The minimum atomic E-state index is -5.95. The summed E-state index contributed by atoms with van der Waals surface area (Å²) < 4.78 is 0.472. The van der Waals surface area contributed by atoms with Gasteiger partial charge in [0.05, 0.1) is 0 Å². The van der Waals surface area contributed by atoms with Gasteiger partial charge in [0.25, 0.3) is 0 Å². The number of hydrogen-bond acceptors (Lipinski definition) is 0. The van der Waals surface area contributed by atoms with Crippen molar-refractivity contribution in [2.75, 3.05) is 0 Å². The molecule has 0 aromatic heterocycles. The van der Waals surface area contributed by atoms with Gasteiger partial charge in [-0.1, -0.05) is 0 Å². The molecule has 0 radical (unpaired) electrons. The van der Waals surface area contributed by atoms with Crippen LogP contribution in [-0.2, 0) is 37.6 Å². The quantitative estimate of drug-likeness (QED) is 0.165. The molecule has 0 heterocycles. The maximum atomic E-state index is 9.34. The Labute approximate surface area is 376 Å². The Balaban J connectivity index is 1.70. The van der Waals surface area contributed by atoms with Crippen LogP contribution in [0.1, 0.15) is 131 Å². The molecule has 2 aliphatic carbocycles. The number of hydrogen-bond donors (Lipinski definition) is 0. The zero-order valence-corrected chi connectivity index (χ0v) is 42.7. The third kappa shape index (κ3) is 7.01. The van der Waals surface area contributed by atoms with Crippen LogP contribution < -0.4 is 0 Å². The van der Waals surface area contributed by atoms with Crippen molar-refractivity contribution in [3.63, 3.8) is 0 Å². The van der Waals surface area contributed by atoms with E-state index in [1.807, 2.05) is 12.1 Å². The summed E-state index contributed by atoms with van der Waals surface area (Å²) >= 11 is 8.16. The van der Waals surface area contributed by atoms with Crippen LogP contribution in [0.2, 0.25) is 13.7 Å². The first-order chi connectivity index (χ1) is 27.8. The van der Waals surface area contributed by atoms with E-state index in [1.165, 1.54) is 44.5 Å². The molecule has 0 saturated carbocycles. The van der Waals surface area contributed by atoms with Gasteiger partial charge in [-0.2, -0.15) is 0 Å². The van der Waals surface area contributed by atoms with Crippen molar-refractivity contribution in [3.8, 4) is 11.1 Å². The minimum absolute atomic E-state index is 0.104. The molecule has 0 saturated heterocycles. The summed E-state index contributed by atoms with van der Waals surface area (Å²) in [5.41, 5.74) is 11.9. The summed E-state index contributed by atoms with van der Waals surface area (Å²) in [5, 5.41) is 5.39. The molecule has 6 aromatic carbocycles. The van der Waals surface area contributed by atoms with Gasteiger partial charge in [0, 0.05) is 0 Å². The number of allylic oxidation sites excluding steroid dienone is 4. The molecule has 8 rings (SSSR count). The molecule has 0 nitrogen and oxygen atoms in total. The van der Waals surface area contributed by atoms with Crippen molar-refractivity contribution in [3.05, 3.63) is 176 Å². The Bertz CT molecular complexity index is 2710. The number of rotatable bonds is 4. The molecule has 310 valence electrons. The molecular weight excluding hydrogens is 894 g/mol. The maximum absolute atomic E-state index is 9.34. The average molecular weight is 952 g/mol. The van der Waals surface area contributed by atoms with Gasteiger partial charge in [-0.3, -0.25) is 0 Å². The number of halogens is 4. The van der Waals surface area contributed by atoms with E-state index in [4.69, 9.17) is 23.2 Å². The van der Waals surface area contributed by atoms with E-state index >= 15 is 0 Å². The standard InChI is InChI=1S/C29H41.C21H12Cl2.C5H5.2ClH.Zr/c1-26(2,3)22-14-18-13-19-15-23(27(4,5)6)25(29(10,11)12)17-21(19)20(18)16-24(22)28(7,8)9;22-20-11-9-14(16-5-1-3-7-18(16)20)13-15-10-12-21(23)19-8-4-2-6-17(15)19;1-2-4-5-3-1;;;/h13-17H,1-12H3;1-12H;1-5H;2*1H;/q;;;;;+2/p-2. The molecule has 0 fully saturated rings. The van der Waals surface area contributed by atoms with Gasteiger partial charge in [-0.05, 0) is 0 Å². The van der Waals surface area contributed by atoms with Crippen LogP contribution in [0.5, 0.6) is 0 Å². The summed E-state index contributed by atoms with van der Waals surface area (Å²) in [7, 11) is 18.7. The predicted molar refractivity (Wildman–Crippen MR) is 263 cm³/mol. The van der Waals surface area contributed by atoms with Gasteiger partial charge in [0.1, 0.15) is 0 Å². The Morgan fingerprint density at radius 2 is 0.783 bits per heavy atom. The van der Waals surface area contributed by atoms with E-state index in [0.717, 1.165) is 35.9 Å². The van der Waals surface area contributed by atoms with E-state index in [1.54, 1.807) is 0 Å². The zero-order valence-electron chi connectivity index (χ0n) is 37.2. The van der Waals surface area contributed by atoms with Gasteiger partial charge in [0.2, 0.25) is 0 Å². The Morgan fingerprint density at radius 3 is 1.13 bits per heavy atom. The van der Waals surface area contributed by atoms with Gasteiger partial charge in [-0.25, -0.2) is 0 Å². The van der Waals surface area contributed by atoms with Crippen molar-refractivity contribution in [2.24, 2.45) is 0 Å². The number of fused-ring (bicyclic) bond motifs is 5. The summed E-state index contributed by atoms with van der Waals surface area (Å²) in [6.45, 7) is 28.1. The monoisotopic (exact) mass is 948 g/mol. The normalized spacial score (nSPS) is 15.3. The molecule has 2 aliphatic rings. The van der Waals surface area contributed by atoms with Gasteiger partial charge in [0.15, 0.2) is 0 Å². The van der Waals surface area contributed by atoms with Crippen LogP contribution in [0.15, 0.2) is 121 Å². The zero-order chi connectivity index (χ0) is 43.6. The molecule has 0 bridgehead atoms. The third-order valence-corrected chi connectivity index (χ3v) is 33.4. The second kappa shape index (κ2) is 14.6. The summed E-state index contributed by atoms with van der Waals surface area (Å²) in [6.07, 6.45) is 8.84. The van der Waals surface area contributed by atoms with E-state index in [2.05, 4.69) is 192 Å². The first kappa shape index (κ1) is 43.9. The summed E-state index contributed by atoms with van der Waals surface area (Å²) in [6, 6.07) is 35.3. The van der Waals surface area contributed by atoms with Crippen molar-refractivity contribution in [2.45, 2.75) is 112 Å². The molecule has 0 N–H and O–H groups in total. The molecule has 0 atom stereocenters. The molecule has 0 spiro atoms. The van der Waals surface area contributed by atoms with Crippen molar-refractivity contribution >= 4 is 65.0 Å². The van der Waals surface area contributed by atoms with Crippen LogP contribution in [-0.4, -0.2) is 3.21 Å².